The van der Waals surface area contributed by atoms with E-state index in [0.717, 1.165) is 12.2 Å². The third kappa shape index (κ3) is 2.13. The van der Waals surface area contributed by atoms with E-state index in [1.807, 2.05) is 7.05 Å². The van der Waals surface area contributed by atoms with Gasteiger partial charge in [-0.05, 0) is 44.1 Å². The van der Waals surface area contributed by atoms with Gasteiger partial charge in [-0.3, -0.25) is 0 Å². The first-order chi connectivity index (χ1) is 7.72. The fraction of sp³-hybridized carbons (Fsp3) is 0.333. The van der Waals surface area contributed by atoms with Crippen LogP contribution in [-0.2, 0) is 6.54 Å². The Hall–Kier alpha value is -1.26. The minimum Gasteiger partial charge on any atom is -0.315 e. The summed E-state index contributed by atoms with van der Waals surface area (Å²) in [7, 11) is 1.94. The highest BCUT2D eigenvalue weighted by molar-refractivity contribution is 7.05. The lowest BCUT2D eigenvalue weighted by atomic mass is 10.0. The zero-order chi connectivity index (χ0) is 11.5. The van der Waals surface area contributed by atoms with E-state index in [1.165, 1.54) is 33.1 Å². The zero-order valence-electron chi connectivity index (χ0n) is 9.74. The van der Waals surface area contributed by atoms with Crippen molar-refractivity contribution in [3.8, 4) is 11.3 Å². The molecule has 2 rings (SSSR count). The molecule has 1 aromatic heterocycles. The van der Waals surface area contributed by atoms with Crippen molar-refractivity contribution in [3.05, 3.63) is 34.2 Å². The summed E-state index contributed by atoms with van der Waals surface area (Å²) < 4.78 is 4.04. The first-order valence-electron chi connectivity index (χ1n) is 5.26. The molecule has 0 unspecified atom stereocenters. The largest absolute Gasteiger partial charge is 0.315 e. The van der Waals surface area contributed by atoms with Crippen LogP contribution in [0, 0.1) is 13.8 Å². The van der Waals surface area contributed by atoms with Crippen molar-refractivity contribution in [1.82, 2.24) is 14.9 Å². The maximum Gasteiger partial charge on any atom is 0.110 e. The van der Waals surface area contributed by atoms with Crippen molar-refractivity contribution in [2.24, 2.45) is 0 Å². The Morgan fingerprint density at radius 2 is 2.12 bits per heavy atom. The van der Waals surface area contributed by atoms with E-state index in [-0.39, 0.29) is 0 Å². The molecule has 0 saturated heterocycles. The van der Waals surface area contributed by atoms with Crippen molar-refractivity contribution in [2.45, 2.75) is 20.4 Å². The lowest BCUT2D eigenvalue weighted by molar-refractivity contribution is 0.830. The SMILES string of the molecule is CNCc1snnc1-c1cc(C)ccc1C. The fourth-order valence-electron chi connectivity index (χ4n) is 1.68. The minimum absolute atomic E-state index is 0.820. The first-order valence-corrected chi connectivity index (χ1v) is 6.03. The van der Waals surface area contributed by atoms with Crippen molar-refractivity contribution in [3.63, 3.8) is 0 Å². The maximum absolute atomic E-state index is 4.24. The van der Waals surface area contributed by atoms with E-state index < -0.39 is 0 Å². The maximum atomic E-state index is 4.24. The lowest BCUT2D eigenvalue weighted by Crippen LogP contribution is -2.04. The van der Waals surface area contributed by atoms with Crippen molar-refractivity contribution >= 4 is 11.5 Å². The van der Waals surface area contributed by atoms with Crippen molar-refractivity contribution in [1.29, 1.82) is 0 Å². The Morgan fingerprint density at radius 1 is 1.31 bits per heavy atom. The molecule has 2 aromatic rings. The van der Waals surface area contributed by atoms with Crippen molar-refractivity contribution < 1.29 is 0 Å². The van der Waals surface area contributed by atoms with Crippen LogP contribution < -0.4 is 5.32 Å². The molecule has 4 heteroatoms. The predicted molar refractivity (Wildman–Crippen MR) is 67.6 cm³/mol. The number of benzene rings is 1. The summed E-state index contributed by atoms with van der Waals surface area (Å²) in [5.74, 6) is 0. The summed E-state index contributed by atoms with van der Waals surface area (Å²) in [5, 5.41) is 7.38. The number of nitrogens with zero attached hydrogens (tertiary/aromatic N) is 2. The molecule has 0 radical (unpaired) electrons. The highest BCUT2D eigenvalue weighted by Crippen LogP contribution is 2.27. The average molecular weight is 233 g/mol. The summed E-state index contributed by atoms with van der Waals surface area (Å²) in [6.07, 6.45) is 0. The monoisotopic (exact) mass is 233 g/mol. The van der Waals surface area contributed by atoms with E-state index >= 15 is 0 Å². The number of nitrogens with one attached hydrogen (secondary N) is 1. The van der Waals surface area contributed by atoms with Crippen LogP contribution in [0.3, 0.4) is 0 Å². The van der Waals surface area contributed by atoms with E-state index in [2.05, 4.69) is 47.0 Å². The Kier molecular flexibility index (Phi) is 3.31. The molecule has 0 atom stereocenters. The van der Waals surface area contributed by atoms with Gasteiger partial charge in [-0.15, -0.1) is 5.10 Å². The van der Waals surface area contributed by atoms with Crippen LogP contribution in [0.2, 0.25) is 0 Å². The van der Waals surface area contributed by atoms with Crippen LogP contribution in [-0.4, -0.2) is 16.6 Å². The van der Waals surface area contributed by atoms with Gasteiger partial charge in [0.2, 0.25) is 0 Å². The predicted octanol–water partition coefficient (Wildman–Crippen LogP) is 2.54. The Bertz CT molecular complexity index is 491. The van der Waals surface area contributed by atoms with Gasteiger partial charge >= 0.3 is 0 Å². The topological polar surface area (TPSA) is 37.8 Å². The number of rotatable bonds is 3. The molecule has 16 heavy (non-hydrogen) atoms. The van der Waals surface area contributed by atoms with Gasteiger partial charge in [0.05, 0.1) is 4.88 Å². The van der Waals surface area contributed by atoms with Crippen LogP contribution in [0.4, 0.5) is 0 Å². The second-order valence-electron chi connectivity index (χ2n) is 3.89. The highest BCUT2D eigenvalue weighted by atomic mass is 32.1. The quantitative estimate of drug-likeness (QED) is 0.885. The Balaban J connectivity index is 2.49. The minimum atomic E-state index is 0.820. The molecule has 0 aliphatic rings. The average Bonchev–Trinajstić information content (AvgIpc) is 2.70. The molecule has 0 saturated carbocycles. The van der Waals surface area contributed by atoms with E-state index in [4.69, 9.17) is 0 Å². The Labute approximate surface area is 99.7 Å². The third-order valence-corrected chi connectivity index (χ3v) is 3.26. The molecular formula is C12H15N3S. The number of aromatic nitrogens is 2. The third-order valence-electron chi connectivity index (χ3n) is 2.54. The summed E-state index contributed by atoms with van der Waals surface area (Å²) in [5.41, 5.74) is 4.71. The van der Waals surface area contributed by atoms with E-state index in [9.17, 15) is 0 Å². The molecule has 1 aromatic carbocycles. The summed E-state index contributed by atoms with van der Waals surface area (Å²) in [6.45, 7) is 5.03. The van der Waals surface area contributed by atoms with Crippen LogP contribution >= 0.6 is 11.5 Å². The molecule has 0 aliphatic heterocycles. The van der Waals surface area contributed by atoms with Gasteiger partial charge in [-0.2, -0.15) is 0 Å². The van der Waals surface area contributed by atoms with Gasteiger partial charge in [0.1, 0.15) is 5.69 Å². The molecule has 1 N–H and O–H groups in total. The number of aryl methyl sites for hydroxylation is 2. The molecular weight excluding hydrogens is 218 g/mol. The van der Waals surface area contributed by atoms with E-state index in [0.29, 0.717) is 0 Å². The molecule has 0 aliphatic carbocycles. The van der Waals surface area contributed by atoms with Gasteiger partial charge in [-0.25, -0.2) is 0 Å². The van der Waals surface area contributed by atoms with Crippen LogP contribution in [0.5, 0.6) is 0 Å². The molecule has 0 bridgehead atoms. The fourth-order valence-corrected chi connectivity index (χ4v) is 2.35. The summed E-state index contributed by atoms with van der Waals surface area (Å²) in [6, 6.07) is 6.43. The second-order valence-corrected chi connectivity index (χ2v) is 4.73. The molecule has 84 valence electrons. The normalized spacial score (nSPS) is 10.7. The zero-order valence-corrected chi connectivity index (χ0v) is 10.6. The highest BCUT2D eigenvalue weighted by Gasteiger charge is 2.11. The van der Waals surface area contributed by atoms with Gasteiger partial charge < -0.3 is 5.32 Å². The number of hydrogen-bond donors (Lipinski definition) is 1. The van der Waals surface area contributed by atoms with E-state index in [1.54, 1.807) is 0 Å². The molecule has 0 spiro atoms. The van der Waals surface area contributed by atoms with Crippen LogP contribution in [0.15, 0.2) is 18.2 Å². The Morgan fingerprint density at radius 3 is 2.88 bits per heavy atom. The van der Waals surface area contributed by atoms with Gasteiger partial charge in [0.15, 0.2) is 0 Å². The summed E-state index contributed by atoms with van der Waals surface area (Å²) in [4.78, 5) is 1.19. The standard InChI is InChI=1S/C12H15N3S/c1-8-4-5-9(2)10(6-8)12-11(7-13-3)16-15-14-12/h4-6,13H,7H2,1-3H3. The lowest BCUT2D eigenvalue weighted by Gasteiger charge is -2.05. The molecule has 3 nitrogen and oxygen atoms in total. The molecule has 0 amide bonds. The second kappa shape index (κ2) is 4.72. The van der Waals surface area contributed by atoms with Crippen LogP contribution in [0.25, 0.3) is 11.3 Å². The number of hydrogen-bond acceptors (Lipinski definition) is 4. The van der Waals surface area contributed by atoms with Crippen LogP contribution in [0.1, 0.15) is 16.0 Å². The van der Waals surface area contributed by atoms with Gasteiger partial charge in [0.25, 0.3) is 0 Å². The van der Waals surface area contributed by atoms with Gasteiger partial charge in [-0.1, -0.05) is 22.2 Å². The van der Waals surface area contributed by atoms with Crippen molar-refractivity contribution in [2.75, 3.05) is 7.05 Å². The smallest absolute Gasteiger partial charge is 0.110 e. The first kappa shape index (κ1) is 11.2. The molecule has 1 heterocycles. The summed E-state index contributed by atoms with van der Waals surface area (Å²) >= 11 is 1.46. The molecule has 0 fully saturated rings. The van der Waals surface area contributed by atoms with Gasteiger partial charge in [0, 0.05) is 12.1 Å².